The van der Waals surface area contributed by atoms with Crippen molar-refractivity contribution >= 4 is 11.9 Å². The smallest absolute Gasteiger partial charge is 0.320 e. The van der Waals surface area contributed by atoms with Gasteiger partial charge in [0, 0.05) is 18.0 Å². The Balaban J connectivity index is 1.47. The third-order valence-electron chi connectivity index (χ3n) is 7.63. The Morgan fingerprint density at radius 2 is 1.47 bits per heavy atom. The van der Waals surface area contributed by atoms with Crippen LogP contribution in [0, 0.1) is 17.2 Å². The molecule has 3 aromatic rings. The molecule has 0 aromatic heterocycles. The van der Waals surface area contributed by atoms with Crippen molar-refractivity contribution in [2.45, 2.75) is 56.9 Å². The third kappa shape index (κ3) is 7.08. The Hall–Kier alpha value is -3.95. The van der Waals surface area contributed by atoms with Crippen molar-refractivity contribution in [2.75, 3.05) is 6.54 Å². The molecule has 1 aliphatic carbocycles. The van der Waals surface area contributed by atoms with Gasteiger partial charge in [0.1, 0.15) is 6.04 Å². The van der Waals surface area contributed by atoms with Gasteiger partial charge < -0.3 is 16.2 Å². The highest BCUT2D eigenvalue weighted by atomic mass is 16.4. The number of hydrogen-bond donors (Lipinski definition) is 3. The number of nitrogens with zero attached hydrogens (tertiary/aromatic N) is 1. The Morgan fingerprint density at radius 3 is 2.03 bits per heavy atom. The summed E-state index contributed by atoms with van der Waals surface area (Å²) < 4.78 is 0. The number of rotatable bonds is 9. The number of benzene rings is 3. The van der Waals surface area contributed by atoms with E-state index < -0.39 is 12.0 Å². The van der Waals surface area contributed by atoms with Gasteiger partial charge in [-0.1, -0.05) is 74.2 Å². The highest BCUT2D eigenvalue weighted by Crippen LogP contribution is 2.36. The molecule has 3 aromatic carbocycles. The van der Waals surface area contributed by atoms with Crippen molar-refractivity contribution in [1.29, 1.82) is 5.26 Å². The van der Waals surface area contributed by atoms with Gasteiger partial charge in [-0.15, -0.1) is 0 Å². The number of carboxylic acids is 1. The predicted octanol–water partition coefficient (Wildman–Crippen LogP) is 5.66. The van der Waals surface area contributed by atoms with E-state index in [1.165, 1.54) is 31.2 Å². The van der Waals surface area contributed by atoms with Crippen LogP contribution >= 0.6 is 0 Å². The summed E-state index contributed by atoms with van der Waals surface area (Å²) in [5, 5.41) is 21.2. The normalized spacial score (nSPS) is 15.6. The van der Waals surface area contributed by atoms with E-state index in [0.717, 1.165) is 29.5 Å². The van der Waals surface area contributed by atoms with Gasteiger partial charge in [-0.05, 0) is 71.7 Å². The summed E-state index contributed by atoms with van der Waals surface area (Å²) in [7, 11) is 0. The lowest BCUT2D eigenvalue weighted by molar-refractivity contribution is -0.138. The number of carbonyl (C=O) groups is 2. The predicted molar refractivity (Wildman–Crippen MR) is 149 cm³/mol. The summed E-state index contributed by atoms with van der Waals surface area (Å²) in [5.41, 5.74) is 11.0. The zero-order chi connectivity index (χ0) is 26.9. The van der Waals surface area contributed by atoms with E-state index in [2.05, 4.69) is 35.7 Å². The highest BCUT2D eigenvalue weighted by molar-refractivity contribution is 5.94. The summed E-state index contributed by atoms with van der Waals surface area (Å²) in [4.78, 5) is 24.0. The van der Waals surface area contributed by atoms with Crippen LogP contribution in [0.4, 0.5) is 0 Å². The number of nitriles is 1. The van der Waals surface area contributed by atoms with Gasteiger partial charge in [0.05, 0.1) is 11.6 Å². The molecule has 4 N–H and O–H groups in total. The zero-order valence-corrected chi connectivity index (χ0v) is 21.6. The van der Waals surface area contributed by atoms with Crippen LogP contribution in [0.2, 0.25) is 0 Å². The van der Waals surface area contributed by atoms with E-state index in [9.17, 15) is 9.59 Å². The van der Waals surface area contributed by atoms with Crippen molar-refractivity contribution in [2.24, 2.45) is 11.7 Å². The van der Waals surface area contributed by atoms with E-state index in [1.54, 1.807) is 24.3 Å². The molecule has 1 amide bonds. The fourth-order valence-corrected chi connectivity index (χ4v) is 5.37. The first kappa shape index (κ1) is 27.1. The Bertz CT molecular complexity index is 1250. The van der Waals surface area contributed by atoms with Crippen molar-refractivity contribution in [3.8, 4) is 17.2 Å². The molecule has 1 saturated carbocycles. The number of carbonyl (C=O) groups excluding carboxylic acids is 1. The van der Waals surface area contributed by atoms with E-state index in [1.807, 2.05) is 24.3 Å². The second-order valence-corrected chi connectivity index (χ2v) is 10.2. The molecular weight excluding hydrogens is 474 g/mol. The molecule has 0 bridgehead atoms. The van der Waals surface area contributed by atoms with Gasteiger partial charge in [-0.3, -0.25) is 9.59 Å². The standard InChI is InChI=1S/C32H35N3O3/c33-20-23-9-11-24(12-10-23)25-15-17-27(18-16-25)29(26-5-3-1-2-4-6-26)21-35-31(36)28-13-7-22(8-14-28)19-30(34)32(37)38/h7-18,26,29-30H,1-6,19,21,34H2,(H,35,36)(H,37,38)/t29-,30?/m1/s1. The van der Waals surface area contributed by atoms with Gasteiger partial charge in [0.15, 0.2) is 0 Å². The van der Waals surface area contributed by atoms with Crippen LogP contribution in [-0.2, 0) is 11.2 Å². The quantitative estimate of drug-likeness (QED) is 0.322. The lowest BCUT2D eigenvalue weighted by Crippen LogP contribution is -2.32. The molecule has 1 fully saturated rings. The Morgan fingerprint density at radius 1 is 0.895 bits per heavy atom. The van der Waals surface area contributed by atoms with Crippen LogP contribution in [0.5, 0.6) is 0 Å². The van der Waals surface area contributed by atoms with E-state index >= 15 is 0 Å². The number of aliphatic carboxylic acids is 1. The van der Waals surface area contributed by atoms with Crippen molar-refractivity contribution in [3.63, 3.8) is 0 Å². The van der Waals surface area contributed by atoms with Crippen molar-refractivity contribution in [3.05, 3.63) is 95.1 Å². The van der Waals surface area contributed by atoms with Crippen LogP contribution in [-0.4, -0.2) is 29.6 Å². The minimum Gasteiger partial charge on any atom is -0.480 e. The first-order chi connectivity index (χ1) is 18.4. The summed E-state index contributed by atoms with van der Waals surface area (Å²) in [6.07, 6.45) is 7.53. The second kappa shape index (κ2) is 13.0. The van der Waals surface area contributed by atoms with Crippen LogP contribution in [0.15, 0.2) is 72.8 Å². The summed E-state index contributed by atoms with van der Waals surface area (Å²) in [6, 6.07) is 24.4. The Kier molecular flexibility index (Phi) is 9.29. The molecular formula is C32H35N3O3. The molecule has 1 aliphatic rings. The van der Waals surface area contributed by atoms with Crippen LogP contribution < -0.4 is 11.1 Å². The van der Waals surface area contributed by atoms with Crippen LogP contribution in [0.25, 0.3) is 11.1 Å². The molecule has 0 radical (unpaired) electrons. The molecule has 0 heterocycles. The largest absolute Gasteiger partial charge is 0.480 e. The van der Waals surface area contributed by atoms with E-state index in [4.69, 9.17) is 16.1 Å². The molecule has 0 saturated heterocycles. The molecule has 4 rings (SSSR count). The summed E-state index contributed by atoms with van der Waals surface area (Å²) in [5.74, 6) is -0.438. The minimum atomic E-state index is -1.04. The van der Waals surface area contributed by atoms with Gasteiger partial charge in [-0.2, -0.15) is 5.26 Å². The maximum atomic E-state index is 13.0. The molecule has 2 atom stereocenters. The lowest BCUT2D eigenvalue weighted by Gasteiger charge is -2.27. The van der Waals surface area contributed by atoms with Crippen LogP contribution in [0.1, 0.15) is 71.5 Å². The first-order valence-electron chi connectivity index (χ1n) is 13.4. The molecule has 1 unspecified atom stereocenters. The van der Waals surface area contributed by atoms with E-state index in [0.29, 0.717) is 23.6 Å². The fourth-order valence-electron chi connectivity index (χ4n) is 5.37. The first-order valence-corrected chi connectivity index (χ1v) is 13.4. The topological polar surface area (TPSA) is 116 Å². The monoisotopic (exact) mass is 509 g/mol. The second-order valence-electron chi connectivity index (χ2n) is 10.2. The number of nitrogens with two attached hydrogens (primary N) is 1. The fraction of sp³-hybridized carbons (Fsp3) is 0.344. The van der Waals surface area contributed by atoms with Gasteiger partial charge in [0.25, 0.3) is 5.91 Å². The van der Waals surface area contributed by atoms with Gasteiger partial charge in [-0.25, -0.2) is 0 Å². The van der Waals surface area contributed by atoms with Gasteiger partial charge in [0.2, 0.25) is 0 Å². The number of nitrogens with one attached hydrogen (secondary N) is 1. The molecule has 0 spiro atoms. The SMILES string of the molecule is N#Cc1ccc(-c2ccc([C@H](CNC(=O)c3ccc(CC(N)C(=O)O)cc3)C3CCCCCC3)cc2)cc1. The molecule has 0 aliphatic heterocycles. The molecule has 38 heavy (non-hydrogen) atoms. The number of carboxylic acid groups (broad SMARTS) is 1. The van der Waals surface area contributed by atoms with Gasteiger partial charge >= 0.3 is 5.97 Å². The average molecular weight is 510 g/mol. The maximum Gasteiger partial charge on any atom is 0.320 e. The Labute approximate surface area is 224 Å². The minimum absolute atomic E-state index is 0.132. The summed E-state index contributed by atoms with van der Waals surface area (Å²) in [6.45, 7) is 0.561. The van der Waals surface area contributed by atoms with Crippen LogP contribution in [0.3, 0.4) is 0 Å². The third-order valence-corrected chi connectivity index (χ3v) is 7.63. The molecule has 6 heteroatoms. The van der Waals surface area contributed by atoms with Crippen molar-refractivity contribution in [1.82, 2.24) is 5.32 Å². The average Bonchev–Trinajstić information content (AvgIpc) is 3.23. The maximum absolute atomic E-state index is 13.0. The molecule has 196 valence electrons. The van der Waals surface area contributed by atoms with Crippen molar-refractivity contribution < 1.29 is 14.7 Å². The summed E-state index contributed by atoms with van der Waals surface area (Å²) >= 11 is 0. The number of hydrogen-bond acceptors (Lipinski definition) is 4. The highest BCUT2D eigenvalue weighted by Gasteiger charge is 2.25. The van der Waals surface area contributed by atoms with E-state index in [-0.39, 0.29) is 18.2 Å². The number of amides is 1. The lowest BCUT2D eigenvalue weighted by atomic mass is 9.81. The zero-order valence-electron chi connectivity index (χ0n) is 21.6. The molecule has 6 nitrogen and oxygen atoms in total.